The zero-order chi connectivity index (χ0) is 10.9. The van der Waals surface area contributed by atoms with E-state index < -0.39 is 5.97 Å². The van der Waals surface area contributed by atoms with Gasteiger partial charge in [-0.2, -0.15) is 6.08 Å². The normalized spacial score (nSPS) is 9.26. The second-order valence-corrected chi connectivity index (χ2v) is 2.79. The van der Waals surface area contributed by atoms with E-state index in [1.807, 2.05) is 18.2 Å². The van der Waals surface area contributed by atoms with Gasteiger partial charge >= 0.3 is 21.7 Å². The van der Waals surface area contributed by atoms with Crippen molar-refractivity contribution in [3.8, 4) is 5.75 Å². The first-order valence-electron chi connectivity index (χ1n) is 4.59. The molecule has 0 saturated heterocycles. The summed E-state index contributed by atoms with van der Waals surface area (Å²) >= 11 is 0. The fourth-order valence-electron chi connectivity index (χ4n) is 0.960. The van der Waals surface area contributed by atoms with Crippen LogP contribution in [0.2, 0.25) is 0 Å². The Morgan fingerprint density at radius 1 is 1.16 bits per heavy atom. The molecule has 1 radical (unpaired) electrons. The molecule has 2 nitrogen and oxygen atoms in total. The third kappa shape index (κ3) is 15.6. The van der Waals surface area contributed by atoms with Gasteiger partial charge in [0.05, 0.1) is 0 Å². The monoisotopic (exact) mass is 353 g/mol. The Balaban J connectivity index is -0.000000110. The molecule has 1 aliphatic carbocycles. The van der Waals surface area contributed by atoms with E-state index in [-0.39, 0.29) is 58.9 Å². The van der Waals surface area contributed by atoms with Gasteiger partial charge in [-0.15, -0.1) is 6.42 Å². The maximum atomic E-state index is 10.3. The van der Waals surface area contributed by atoms with Crippen LogP contribution in [-0.2, 0) is 26.5 Å². The van der Waals surface area contributed by atoms with Crippen molar-refractivity contribution in [2.75, 3.05) is 0 Å². The van der Waals surface area contributed by atoms with Crippen molar-refractivity contribution in [1.82, 2.24) is 0 Å². The predicted molar refractivity (Wildman–Crippen MR) is 59.0 cm³/mol. The van der Waals surface area contributed by atoms with E-state index in [0.29, 0.717) is 5.75 Å². The summed E-state index contributed by atoms with van der Waals surface area (Å²) in [5.41, 5.74) is 0. The molecule has 0 bridgehead atoms. The molecule has 1 aliphatic rings. The van der Waals surface area contributed by atoms with Crippen LogP contribution in [0.15, 0.2) is 48.6 Å². The zero-order valence-electron chi connectivity index (χ0n) is 9.98. The summed E-state index contributed by atoms with van der Waals surface area (Å²) < 4.78 is 4.66. The van der Waals surface area contributed by atoms with Gasteiger partial charge in [0.25, 0.3) is 0 Å². The van der Waals surface area contributed by atoms with E-state index in [9.17, 15) is 4.79 Å². The second kappa shape index (κ2) is 17.6. The molecule has 0 spiro atoms. The van der Waals surface area contributed by atoms with Crippen molar-refractivity contribution in [2.24, 2.45) is 0 Å². The van der Waals surface area contributed by atoms with Crippen molar-refractivity contribution in [2.45, 2.75) is 6.42 Å². The molecule has 0 atom stereocenters. The summed E-state index contributed by atoms with van der Waals surface area (Å²) in [5, 5.41) is 0. The van der Waals surface area contributed by atoms with Crippen LogP contribution in [0.1, 0.15) is 6.42 Å². The first-order valence-corrected chi connectivity index (χ1v) is 4.59. The minimum absolute atomic E-state index is 0. The average Bonchev–Trinajstić information content (AvgIpc) is 2.76. The Morgan fingerprint density at radius 3 is 2.05 bits per heavy atom. The van der Waals surface area contributed by atoms with Gasteiger partial charge in [0.1, 0.15) is 5.75 Å². The van der Waals surface area contributed by atoms with Crippen molar-refractivity contribution < 1.29 is 68.5 Å². The number of carbonyl (C=O) groups is 1. The zero-order valence-corrected chi connectivity index (χ0v) is 13.8. The van der Waals surface area contributed by atoms with Crippen LogP contribution in [0.4, 0.5) is 0 Å². The Bertz CT molecular complexity index is 357. The van der Waals surface area contributed by atoms with Crippen molar-refractivity contribution in [3.05, 3.63) is 61.6 Å². The number of esters is 1. The number of para-hydroxylation sites is 1. The number of benzene rings is 1. The van der Waals surface area contributed by atoms with Crippen LogP contribution < -0.4 is 42.0 Å². The first kappa shape index (κ1) is 27.0. The molecule has 1 aromatic carbocycles. The number of allylic oxidation sites excluding steroid dienone is 4. The van der Waals surface area contributed by atoms with Gasteiger partial charge in [0.2, 0.25) is 0 Å². The van der Waals surface area contributed by atoms with E-state index in [2.05, 4.69) is 23.8 Å². The molecule has 6 heteroatoms. The van der Waals surface area contributed by atoms with Crippen LogP contribution in [0.3, 0.4) is 0 Å². The topological polar surface area (TPSA) is 26.3 Å². The van der Waals surface area contributed by atoms with Gasteiger partial charge in [-0.3, -0.25) is 17.8 Å². The molecule has 0 aromatic heterocycles. The van der Waals surface area contributed by atoms with Crippen LogP contribution in [0.25, 0.3) is 0 Å². The maximum absolute atomic E-state index is 10.3. The maximum Gasteiger partial charge on any atom is 3.00 e. The van der Waals surface area contributed by atoms with Crippen molar-refractivity contribution in [1.29, 1.82) is 0 Å². The summed E-state index contributed by atoms with van der Waals surface area (Å²) in [6.07, 6.45) is 10.0. The summed E-state index contributed by atoms with van der Waals surface area (Å²) in [6.45, 7) is 3.07. The largest absolute Gasteiger partial charge is 3.00 e. The van der Waals surface area contributed by atoms with Crippen LogP contribution in [0, 0.1) is 13.0 Å². The number of rotatable bonds is 1. The Labute approximate surface area is 147 Å². The molecule has 0 aliphatic heterocycles. The molecule has 19 heavy (non-hydrogen) atoms. The summed E-state index contributed by atoms with van der Waals surface area (Å²) in [5.74, 6) is -0.00583. The van der Waals surface area contributed by atoms with E-state index in [4.69, 9.17) is 0 Å². The molecule has 0 saturated carbocycles. The molecule has 0 fully saturated rings. The van der Waals surface area contributed by atoms with Crippen LogP contribution >= 0.6 is 0 Å². The predicted octanol–water partition coefficient (Wildman–Crippen LogP) is -6.26. The molecule has 0 unspecified atom stereocenters. The van der Waals surface area contributed by atoms with Crippen LogP contribution in [0.5, 0.6) is 5.75 Å². The first-order chi connectivity index (χ1) is 7.29. The number of halogens is 3. The Hall–Kier alpha value is -0.376. The van der Waals surface area contributed by atoms with Gasteiger partial charge in [0, 0.05) is 0 Å². The molecular formula is C13H12Cl3O2Ti-2. The fourth-order valence-corrected chi connectivity index (χ4v) is 0.960. The van der Waals surface area contributed by atoms with E-state index >= 15 is 0 Å². The van der Waals surface area contributed by atoms with Gasteiger partial charge in [-0.05, 0) is 12.1 Å². The standard InChI is InChI=1S/C8H7O2.C5H5.3ClH.Ti/c1-7(9)10-8-5-3-2-4-6-8;1-2-4-5-3-1;;;;/h2-6H,1H2;1-3H,4H2;3*1H;/q2*-1;;;;+3/p-3. The molecule has 1 aromatic rings. The molecule has 0 heterocycles. The molecule has 0 amide bonds. The number of hydrogen-bond donors (Lipinski definition) is 0. The number of carbonyl (C=O) groups excluding carboxylic acids is 1. The number of hydrogen-bond acceptors (Lipinski definition) is 2. The minimum Gasteiger partial charge on any atom is -1.00 e. The molecular weight excluding hydrogens is 342 g/mol. The van der Waals surface area contributed by atoms with Gasteiger partial charge in [-0.1, -0.05) is 18.2 Å². The third-order valence-corrected chi connectivity index (χ3v) is 1.56. The molecule has 2 rings (SSSR count). The minimum atomic E-state index is -0.536. The smallest absolute Gasteiger partial charge is 1.00 e. The fraction of sp³-hybridized carbons (Fsp3) is 0.0769. The second-order valence-electron chi connectivity index (χ2n) is 2.79. The SMILES string of the molecule is [C-]1=CC=CC1.[CH2-]C(=O)Oc1ccccc1.[Cl-].[Cl-].[Cl-].[Ti+3]. The van der Waals surface area contributed by atoms with Gasteiger partial charge < -0.3 is 42.0 Å². The van der Waals surface area contributed by atoms with E-state index in [1.54, 1.807) is 24.3 Å². The summed E-state index contributed by atoms with van der Waals surface area (Å²) in [7, 11) is 0. The summed E-state index contributed by atoms with van der Waals surface area (Å²) in [4.78, 5) is 10.3. The average molecular weight is 354 g/mol. The van der Waals surface area contributed by atoms with Crippen molar-refractivity contribution >= 4 is 5.97 Å². The third-order valence-electron chi connectivity index (χ3n) is 1.56. The van der Waals surface area contributed by atoms with Gasteiger partial charge in [0.15, 0.2) is 5.97 Å². The number of ether oxygens (including phenoxy) is 1. The van der Waals surface area contributed by atoms with Crippen LogP contribution in [-0.4, -0.2) is 5.97 Å². The Morgan fingerprint density at radius 2 is 1.74 bits per heavy atom. The van der Waals surface area contributed by atoms with E-state index in [0.717, 1.165) is 6.42 Å². The van der Waals surface area contributed by atoms with Crippen molar-refractivity contribution in [3.63, 3.8) is 0 Å². The van der Waals surface area contributed by atoms with E-state index in [1.165, 1.54) is 0 Å². The summed E-state index contributed by atoms with van der Waals surface area (Å²) in [6, 6.07) is 8.82. The van der Waals surface area contributed by atoms with Gasteiger partial charge in [-0.25, -0.2) is 12.2 Å². The molecule has 0 N–H and O–H groups in total. The quantitative estimate of drug-likeness (QED) is 0.217. The Kier molecular flexibility index (Phi) is 25.1. The molecule has 103 valence electrons.